The van der Waals surface area contributed by atoms with E-state index in [2.05, 4.69) is 5.32 Å². The fourth-order valence-corrected chi connectivity index (χ4v) is 3.40. The number of nitrogens with zero attached hydrogens (tertiary/aromatic N) is 2. The molecule has 0 aliphatic heterocycles. The molecule has 0 bridgehead atoms. The molecule has 2 aromatic heterocycles. The maximum atomic E-state index is 13.3. The van der Waals surface area contributed by atoms with Crippen LogP contribution < -0.4 is 10.1 Å². The number of ketones is 1. The number of anilines is 1. The summed E-state index contributed by atoms with van der Waals surface area (Å²) in [6.45, 7) is 3.30. The van der Waals surface area contributed by atoms with Gasteiger partial charge in [-0.25, -0.2) is 9.59 Å². The molecule has 166 valence electrons. The summed E-state index contributed by atoms with van der Waals surface area (Å²) in [7, 11) is 1.25. The molecule has 1 aromatic carbocycles. The van der Waals surface area contributed by atoms with Crippen LogP contribution in [-0.2, 0) is 4.74 Å². The number of nitrogens with one attached hydrogen (secondary N) is 1. The second-order valence-electron chi connectivity index (χ2n) is 6.64. The Bertz CT molecular complexity index is 1260. The number of aromatic nitrogens is 1. The smallest absolute Gasteiger partial charge is 0.411 e. The van der Waals surface area contributed by atoms with E-state index in [0.717, 1.165) is 6.07 Å². The number of carboxylic acids is 1. The lowest BCUT2D eigenvalue weighted by molar-refractivity contribution is -0.385. The zero-order valence-corrected chi connectivity index (χ0v) is 17.4. The lowest BCUT2D eigenvalue weighted by atomic mass is 10.0. The lowest BCUT2D eigenvalue weighted by Crippen LogP contribution is -2.13. The first-order chi connectivity index (χ1) is 15.2. The second kappa shape index (κ2) is 8.76. The van der Waals surface area contributed by atoms with Gasteiger partial charge in [-0.05, 0) is 43.7 Å². The van der Waals surface area contributed by atoms with Crippen LogP contribution in [0.2, 0.25) is 0 Å². The number of carbonyl (C=O) groups is 3. The summed E-state index contributed by atoms with van der Waals surface area (Å²) in [6, 6.07) is 6.56. The first-order valence-corrected chi connectivity index (χ1v) is 9.38. The molecular formula is C21H19N3O8. The van der Waals surface area contributed by atoms with Crippen LogP contribution in [-0.4, -0.2) is 46.0 Å². The van der Waals surface area contributed by atoms with E-state index in [1.165, 1.54) is 48.9 Å². The molecule has 2 heterocycles. The summed E-state index contributed by atoms with van der Waals surface area (Å²) in [5, 5.41) is 23.3. The first-order valence-electron chi connectivity index (χ1n) is 9.38. The third-order valence-corrected chi connectivity index (χ3v) is 4.77. The van der Waals surface area contributed by atoms with Crippen molar-refractivity contribution in [3.8, 4) is 5.75 Å². The zero-order chi connectivity index (χ0) is 23.6. The van der Waals surface area contributed by atoms with Gasteiger partial charge in [-0.1, -0.05) is 0 Å². The zero-order valence-electron chi connectivity index (χ0n) is 17.4. The van der Waals surface area contributed by atoms with Crippen molar-refractivity contribution in [2.45, 2.75) is 13.8 Å². The van der Waals surface area contributed by atoms with Gasteiger partial charge >= 0.3 is 17.7 Å². The third kappa shape index (κ3) is 3.95. The highest BCUT2D eigenvalue weighted by Crippen LogP contribution is 2.31. The van der Waals surface area contributed by atoms with Crippen LogP contribution in [0.25, 0.3) is 5.52 Å². The Kier molecular flexibility index (Phi) is 6.10. The number of aromatic carboxylic acids is 1. The number of hydrogen-bond donors (Lipinski definition) is 2. The standard InChI is InChI=1S/C21H19N3O8/c1-4-32-21(28)22-13-7-8-23-15(10-13)17(20(26)27)11(2)18(23)19(25)12-5-6-14(24(29)30)16(9-12)31-3/h5-10H,4H2,1-3H3,(H,22,28)(H,26,27). The van der Waals surface area contributed by atoms with E-state index in [1.807, 2.05) is 0 Å². The molecule has 0 fully saturated rings. The van der Waals surface area contributed by atoms with Gasteiger partial charge in [-0.2, -0.15) is 0 Å². The Morgan fingerprint density at radius 2 is 1.94 bits per heavy atom. The van der Waals surface area contributed by atoms with Crippen molar-refractivity contribution in [3.05, 3.63) is 69.0 Å². The van der Waals surface area contributed by atoms with Crippen molar-refractivity contribution in [1.82, 2.24) is 4.40 Å². The fraction of sp³-hybridized carbons (Fsp3) is 0.190. The monoisotopic (exact) mass is 441 g/mol. The largest absolute Gasteiger partial charge is 0.490 e. The van der Waals surface area contributed by atoms with Crippen LogP contribution >= 0.6 is 0 Å². The number of nitro groups is 1. The molecular weight excluding hydrogens is 422 g/mol. The molecule has 0 atom stereocenters. The molecule has 3 aromatic rings. The molecule has 3 rings (SSSR count). The van der Waals surface area contributed by atoms with E-state index < -0.39 is 22.8 Å². The Morgan fingerprint density at radius 1 is 1.22 bits per heavy atom. The van der Waals surface area contributed by atoms with E-state index in [1.54, 1.807) is 6.92 Å². The minimum Gasteiger partial charge on any atom is -0.490 e. The van der Waals surface area contributed by atoms with Crippen molar-refractivity contribution in [1.29, 1.82) is 0 Å². The molecule has 2 N–H and O–H groups in total. The highest BCUT2D eigenvalue weighted by molar-refractivity contribution is 6.13. The topological polar surface area (TPSA) is 149 Å². The van der Waals surface area contributed by atoms with E-state index in [0.29, 0.717) is 0 Å². The lowest BCUT2D eigenvalue weighted by Gasteiger charge is -2.08. The van der Waals surface area contributed by atoms with Gasteiger partial charge in [0, 0.05) is 23.5 Å². The third-order valence-electron chi connectivity index (χ3n) is 4.77. The quantitative estimate of drug-likeness (QED) is 0.320. The number of amides is 1. The van der Waals surface area contributed by atoms with Crippen LogP contribution in [0.4, 0.5) is 16.2 Å². The Morgan fingerprint density at radius 3 is 2.53 bits per heavy atom. The summed E-state index contributed by atoms with van der Waals surface area (Å²) in [5.41, 5.74) is 0.398. The number of hydrogen-bond acceptors (Lipinski definition) is 7. The predicted molar refractivity (Wildman–Crippen MR) is 113 cm³/mol. The number of nitro benzene ring substituents is 1. The summed E-state index contributed by atoms with van der Waals surface area (Å²) < 4.78 is 11.2. The Labute approximate surface area is 181 Å². The molecule has 0 aliphatic rings. The van der Waals surface area contributed by atoms with Gasteiger partial charge in [0.1, 0.15) is 0 Å². The van der Waals surface area contributed by atoms with Crippen LogP contribution in [0, 0.1) is 17.0 Å². The SMILES string of the molecule is CCOC(=O)Nc1ccn2c(C(=O)c3ccc([N+](=O)[O-])c(OC)c3)c(C)c(C(=O)O)c2c1. The van der Waals surface area contributed by atoms with E-state index in [9.17, 15) is 29.6 Å². The van der Waals surface area contributed by atoms with Crippen LogP contribution in [0.15, 0.2) is 36.5 Å². The average molecular weight is 441 g/mol. The van der Waals surface area contributed by atoms with Gasteiger partial charge in [-0.3, -0.25) is 20.2 Å². The minimum absolute atomic E-state index is 0.0657. The normalized spacial score (nSPS) is 10.6. The predicted octanol–water partition coefficient (Wildman–Crippen LogP) is 3.66. The minimum atomic E-state index is -1.26. The molecule has 0 radical (unpaired) electrons. The van der Waals surface area contributed by atoms with Crippen molar-refractivity contribution in [3.63, 3.8) is 0 Å². The number of fused-ring (bicyclic) bond motifs is 1. The molecule has 11 nitrogen and oxygen atoms in total. The Balaban J connectivity index is 2.15. The molecule has 0 saturated carbocycles. The summed E-state index contributed by atoms with van der Waals surface area (Å²) in [6.07, 6.45) is 0.748. The van der Waals surface area contributed by atoms with Crippen molar-refractivity contribution >= 4 is 34.7 Å². The van der Waals surface area contributed by atoms with Crippen LogP contribution in [0.5, 0.6) is 5.75 Å². The van der Waals surface area contributed by atoms with E-state index >= 15 is 0 Å². The van der Waals surface area contributed by atoms with Gasteiger partial charge < -0.3 is 19.0 Å². The number of pyridine rings is 1. The van der Waals surface area contributed by atoms with Gasteiger partial charge in [-0.15, -0.1) is 0 Å². The van der Waals surface area contributed by atoms with Crippen molar-refractivity contribution < 1.29 is 33.9 Å². The van der Waals surface area contributed by atoms with Crippen LogP contribution in [0.1, 0.15) is 38.9 Å². The fourth-order valence-electron chi connectivity index (χ4n) is 3.40. The molecule has 0 spiro atoms. The van der Waals surface area contributed by atoms with E-state index in [-0.39, 0.29) is 51.6 Å². The first kappa shape index (κ1) is 22.3. The summed E-state index contributed by atoms with van der Waals surface area (Å²) >= 11 is 0. The van der Waals surface area contributed by atoms with Gasteiger partial charge in [0.05, 0.1) is 35.4 Å². The van der Waals surface area contributed by atoms with E-state index in [4.69, 9.17) is 9.47 Å². The van der Waals surface area contributed by atoms with Gasteiger partial charge in [0.25, 0.3) is 0 Å². The number of carboxylic acid groups (broad SMARTS) is 1. The highest BCUT2D eigenvalue weighted by Gasteiger charge is 2.27. The molecule has 1 amide bonds. The summed E-state index contributed by atoms with van der Waals surface area (Å²) in [5.74, 6) is -1.91. The van der Waals surface area contributed by atoms with Gasteiger partial charge in [0.15, 0.2) is 5.75 Å². The average Bonchev–Trinajstić information content (AvgIpc) is 3.03. The number of rotatable bonds is 7. The molecule has 32 heavy (non-hydrogen) atoms. The van der Waals surface area contributed by atoms with Crippen LogP contribution in [0.3, 0.4) is 0 Å². The molecule has 0 aliphatic carbocycles. The highest BCUT2D eigenvalue weighted by atomic mass is 16.6. The molecule has 0 unspecified atom stereocenters. The number of carbonyl (C=O) groups excluding carboxylic acids is 2. The number of ether oxygens (including phenoxy) is 2. The molecule has 11 heteroatoms. The van der Waals surface area contributed by atoms with Crippen molar-refractivity contribution in [2.75, 3.05) is 19.0 Å². The maximum Gasteiger partial charge on any atom is 0.411 e. The van der Waals surface area contributed by atoms with Gasteiger partial charge in [0.2, 0.25) is 5.78 Å². The maximum absolute atomic E-state index is 13.3. The summed E-state index contributed by atoms with van der Waals surface area (Å²) in [4.78, 5) is 47.4. The number of methoxy groups -OCH3 is 1. The second-order valence-corrected chi connectivity index (χ2v) is 6.64. The molecule has 0 saturated heterocycles. The van der Waals surface area contributed by atoms with Crippen molar-refractivity contribution in [2.24, 2.45) is 0 Å². The number of benzene rings is 1. The Hall–Kier alpha value is -4.41.